The number of sulfonamides is 1. The van der Waals surface area contributed by atoms with Crippen LogP contribution in [0.2, 0.25) is 0 Å². The Morgan fingerprint density at radius 2 is 1.84 bits per heavy atom. The number of thiazole rings is 1. The number of carbonyl (C=O) groups excluding carboxylic acids is 4. The number of hydrogen-bond acceptors (Lipinski definition) is 11. The molecule has 62 heavy (non-hydrogen) atoms. The van der Waals surface area contributed by atoms with Crippen molar-refractivity contribution in [2.45, 2.75) is 133 Å². The Morgan fingerprint density at radius 3 is 2.56 bits per heavy atom. The minimum atomic E-state index is -3.90. The van der Waals surface area contributed by atoms with E-state index in [4.69, 9.17) is 19.4 Å². The lowest BCUT2D eigenvalue weighted by Gasteiger charge is -2.31. The summed E-state index contributed by atoms with van der Waals surface area (Å²) in [4.78, 5) is 70.6. The van der Waals surface area contributed by atoms with Gasteiger partial charge in [-0.15, -0.1) is 11.3 Å². The van der Waals surface area contributed by atoms with Crippen molar-refractivity contribution in [1.82, 2.24) is 35.1 Å². The predicted molar refractivity (Wildman–Crippen MR) is 234 cm³/mol. The zero-order valence-corrected chi connectivity index (χ0v) is 37.5. The molecule has 5 unspecified atom stereocenters. The van der Waals surface area contributed by atoms with Gasteiger partial charge in [0.05, 0.1) is 30.1 Å². The second-order valence-electron chi connectivity index (χ2n) is 19.0. The Morgan fingerprint density at radius 1 is 1.03 bits per heavy atom. The van der Waals surface area contributed by atoms with E-state index in [-0.39, 0.29) is 30.8 Å². The highest BCUT2D eigenvalue weighted by atomic mass is 32.2. The number of urea groups is 1. The van der Waals surface area contributed by atoms with Crippen LogP contribution in [-0.4, -0.2) is 108 Å². The SMILES string of the molecule is COc1ccc2c(OC3CC4C(=O)NC5(C(=O)NS(=O)(=O)C6CC6)CC5C=CCCCCCC(NC(=O)N5CCC(C)(C)C5)C(=O)N4C3)cc(-c3nc(C4CC4)cs3)nc2c1C. The van der Waals surface area contributed by atoms with Gasteiger partial charge >= 0.3 is 6.03 Å². The molecule has 5 heterocycles. The van der Waals surface area contributed by atoms with Gasteiger partial charge in [-0.2, -0.15) is 0 Å². The van der Waals surface area contributed by atoms with E-state index in [1.165, 1.54) is 16.2 Å². The van der Waals surface area contributed by atoms with Crippen LogP contribution in [0, 0.1) is 18.3 Å². The third-order valence-electron chi connectivity index (χ3n) is 13.5. The molecule has 15 nitrogen and oxygen atoms in total. The minimum Gasteiger partial charge on any atom is -0.496 e. The van der Waals surface area contributed by atoms with Gasteiger partial charge in [-0.25, -0.2) is 23.2 Å². The maximum atomic E-state index is 14.9. The standard InChI is InChI=1S/C45H57N7O8S2/c1-26-36(59-4)17-16-31-37(21-33(46-38(26)31)40-47-34(24-61-40)27-12-13-27)60-29-20-35-39(53)49-45(42(55)50-62(57,58)30-14-15-30)22-28(45)10-8-6-5-7-9-11-32(41(54)52(35)23-29)48-43(56)51-19-18-44(2,3)25-51/h8,10,16-17,21,24,27-30,32,35H,5-7,9,11-15,18-20,22-23,25H2,1-4H3,(H,48,56)(H,49,53)(H,50,55). The van der Waals surface area contributed by atoms with Crippen molar-refractivity contribution in [2.75, 3.05) is 26.7 Å². The summed E-state index contributed by atoms with van der Waals surface area (Å²) >= 11 is 1.53. The number of pyridine rings is 1. The van der Waals surface area contributed by atoms with Crippen LogP contribution in [-0.2, 0) is 24.4 Å². The van der Waals surface area contributed by atoms with Crippen molar-refractivity contribution in [2.24, 2.45) is 11.3 Å². The quantitative estimate of drug-likeness (QED) is 0.225. The van der Waals surface area contributed by atoms with Crippen molar-refractivity contribution in [3.8, 4) is 22.2 Å². The van der Waals surface area contributed by atoms with E-state index >= 15 is 0 Å². The maximum Gasteiger partial charge on any atom is 0.318 e. The average molecular weight is 888 g/mol. The number of amides is 5. The first kappa shape index (κ1) is 42.5. The van der Waals surface area contributed by atoms with Gasteiger partial charge in [0.1, 0.15) is 45.9 Å². The molecule has 6 aliphatic rings. The Bertz CT molecular complexity index is 2430. The summed E-state index contributed by atoms with van der Waals surface area (Å²) in [6, 6.07) is 3.30. The molecule has 3 aromatic rings. The molecule has 1 aromatic carbocycles. The largest absolute Gasteiger partial charge is 0.496 e. The third kappa shape index (κ3) is 8.62. The molecular formula is C45H57N7O8S2. The van der Waals surface area contributed by atoms with Gasteiger partial charge in [0.2, 0.25) is 21.8 Å². The van der Waals surface area contributed by atoms with Crippen LogP contribution >= 0.6 is 11.3 Å². The molecule has 0 radical (unpaired) electrons. The Balaban J connectivity index is 1.05. The topological polar surface area (TPSA) is 189 Å². The van der Waals surface area contributed by atoms with E-state index in [2.05, 4.69) is 34.6 Å². The normalized spacial score (nSPS) is 27.7. The molecule has 5 fully saturated rings. The Kier molecular flexibility index (Phi) is 11.3. The minimum absolute atomic E-state index is 0.0238. The molecule has 9 rings (SSSR count). The van der Waals surface area contributed by atoms with Gasteiger partial charge in [0.15, 0.2) is 0 Å². The molecule has 3 aliphatic carbocycles. The van der Waals surface area contributed by atoms with E-state index < -0.39 is 62.6 Å². The number of methoxy groups -OCH3 is 1. The van der Waals surface area contributed by atoms with Gasteiger partial charge in [-0.05, 0) is 82.3 Å². The van der Waals surface area contributed by atoms with Gasteiger partial charge in [0, 0.05) is 53.7 Å². The fourth-order valence-electron chi connectivity index (χ4n) is 9.33. The van der Waals surface area contributed by atoms with Crippen LogP contribution in [0.25, 0.3) is 21.6 Å². The number of aryl methyl sites for hydroxylation is 1. The van der Waals surface area contributed by atoms with Gasteiger partial charge in [-0.1, -0.05) is 38.8 Å². The summed E-state index contributed by atoms with van der Waals surface area (Å²) in [6.45, 7) is 7.34. The Hall–Kier alpha value is -4.77. The fraction of sp³-hybridized carbons (Fsp3) is 0.600. The number of rotatable bonds is 9. The first-order valence-corrected chi connectivity index (χ1v) is 24.6. The Labute approximate surface area is 366 Å². The molecular weight excluding hydrogens is 831 g/mol. The predicted octanol–water partition coefficient (Wildman–Crippen LogP) is 5.71. The van der Waals surface area contributed by atoms with Crippen LogP contribution < -0.4 is 24.8 Å². The van der Waals surface area contributed by atoms with Crippen LogP contribution in [0.5, 0.6) is 11.5 Å². The molecule has 3 saturated carbocycles. The molecule has 17 heteroatoms. The number of likely N-dealkylation sites (tertiary alicyclic amines) is 1. The van der Waals surface area contributed by atoms with Crippen molar-refractivity contribution in [3.05, 3.63) is 47.0 Å². The lowest BCUT2D eigenvalue weighted by atomic mass is 9.93. The average Bonchev–Trinajstić information content (AvgIpc) is 4.20. The summed E-state index contributed by atoms with van der Waals surface area (Å²) in [6.07, 6.45) is 10.9. The summed E-state index contributed by atoms with van der Waals surface area (Å²) in [5.74, 6) is -0.542. The zero-order chi connectivity index (χ0) is 43.6. The van der Waals surface area contributed by atoms with Crippen molar-refractivity contribution in [1.29, 1.82) is 0 Å². The van der Waals surface area contributed by atoms with Crippen molar-refractivity contribution in [3.63, 3.8) is 0 Å². The number of allylic oxidation sites excluding steroid dienone is 1. The summed E-state index contributed by atoms with van der Waals surface area (Å²) < 4.78 is 40.8. The second kappa shape index (κ2) is 16.4. The zero-order valence-electron chi connectivity index (χ0n) is 35.9. The van der Waals surface area contributed by atoms with E-state index in [1.807, 2.05) is 37.3 Å². The lowest BCUT2D eigenvalue weighted by Crippen LogP contribution is -2.58. The van der Waals surface area contributed by atoms with E-state index in [0.29, 0.717) is 73.8 Å². The molecule has 332 valence electrons. The number of fused-ring (bicyclic) bond motifs is 3. The van der Waals surface area contributed by atoms with Crippen LogP contribution in [0.15, 0.2) is 35.7 Å². The highest BCUT2D eigenvalue weighted by Gasteiger charge is 2.62. The summed E-state index contributed by atoms with van der Waals surface area (Å²) in [5, 5.41) is 8.95. The van der Waals surface area contributed by atoms with Crippen molar-refractivity contribution < 1.29 is 37.1 Å². The highest BCUT2D eigenvalue weighted by molar-refractivity contribution is 7.91. The molecule has 3 aliphatic heterocycles. The smallest absolute Gasteiger partial charge is 0.318 e. The van der Waals surface area contributed by atoms with Crippen LogP contribution in [0.4, 0.5) is 4.79 Å². The summed E-state index contributed by atoms with van der Waals surface area (Å²) in [7, 11) is -2.29. The molecule has 3 N–H and O–H groups in total. The number of nitrogens with zero attached hydrogens (tertiary/aromatic N) is 4. The first-order chi connectivity index (χ1) is 29.6. The fourth-order valence-corrected chi connectivity index (χ4v) is 11.6. The third-order valence-corrected chi connectivity index (χ3v) is 16.2. The molecule has 5 atom stereocenters. The number of nitrogens with one attached hydrogen (secondary N) is 3. The second-order valence-corrected chi connectivity index (χ2v) is 21.8. The number of benzene rings is 1. The number of hydrogen-bond donors (Lipinski definition) is 3. The maximum absolute atomic E-state index is 14.9. The van der Waals surface area contributed by atoms with Gasteiger partial charge in [0.25, 0.3) is 5.91 Å². The number of ether oxygens (including phenoxy) is 2. The molecule has 0 bridgehead atoms. The monoisotopic (exact) mass is 887 g/mol. The molecule has 2 saturated heterocycles. The van der Waals surface area contributed by atoms with E-state index in [0.717, 1.165) is 53.8 Å². The summed E-state index contributed by atoms with van der Waals surface area (Å²) in [5.41, 5.74) is 1.65. The lowest BCUT2D eigenvalue weighted by molar-refractivity contribution is -0.141. The van der Waals surface area contributed by atoms with E-state index in [1.54, 1.807) is 12.0 Å². The van der Waals surface area contributed by atoms with E-state index in [9.17, 15) is 27.6 Å². The molecule has 0 spiro atoms. The highest BCUT2D eigenvalue weighted by Crippen LogP contribution is 2.47. The van der Waals surface area contributed by atoms with Crippen LogP contribution in [0.3, 0.4) is 0 Å². The first-order valence-electron chi connectivity index (χ1n) is 22.2. The number of carbonyl (C=O) groups is 4. The molecule has 5 amide bonds. The van der Waals surface area contributed by atoms with Crippen molar-refractivity contribution >= 4 is 56.0 Å². The number of aromatic nitrogens is 2. The van der Waals surface area contributed by atoms with Gasteiger partial charge in [-0.3, -0.25) is 19.1 Å². The molecule has 2 aromatic heterocycles. The van der Waals surface area contributed by atoms with Gasteiger partial charge < -0.3 is 29.9 Å². The van der Waals surface area contributed by atoms with Crippen LogP contribution in [0.1, 0.15) is 108 Å².